The maximum absolute atomic E-state index is 12.6. The predicted molar refractivity (Wildman–Crippen MR) is 74.0 cm³/mol. The number of nitrogens with zero attached hydrogens (tertiary/aromatic N) is 2. The number of para-hydroxylation sites is 1. The summed E-state index contributed by atoms with van der Waals surface area (Å²) in [5, 5.41) is 2.72. The van der Waals surface area contributed by atoms with Crippen LogP contribution in [0.5, 0.6) is 5.75 Å². The highest BCUT2D eigenvalue weighted by molar-refractivity contribution is 6.03. The Morgan fingerprint density at radius 2 is 2.00 bits per heavy atom. The first kappa shape index (κ1) is 12.9. The molecule has 1 saturated heterocycles. The van der Waals surface area contributed by atoms with Gasteiger partial charge in [0.25, 0.3) is 11.8 Å². The van der Waals surface area contributed by atoms with Gasteiger partial charge in [0.05, 0.1) is 11.3 Å². The second kappa shape index (κ2) is 5.13. The lowest BCUT2D eigenvalue weighted by atomic mass is 10.1. The summed E-state index contributed by atoms with van der Waals surface area (Å²) in [6.07, 6.45) is 0. The monoisotopic (exact) mass is 275 g/mol. The number of amides is 2. The number of benzene rings is 1. The van der Waals surface area contributed by atoms with Gasteiger partial charge in [-0.25, -0.2) is 0 Å². The van der Waals surface area contributed by atoms with Crippen molar-refractivity contribution in [2.75, 3.05) is 45.2 Å². The molecule has 20 heavy (non-hydrogen) atoms. The van der Waals surface area contributed by atoms with E-state index in [2.05, 4.69) is 10.2 Å². The summed E-state index contributed by atoms with van der Waals surface area (Å²) in [7, 11) is 2.05. The van der Waals surface area contributed by atoms with E-state index in [1.165, 1.54) is 0 Å². The van der Waals surface area contributed by atoms with Gasteiger partial charge in [0.15, 0.2) is 12.4 Å². The molecule has 1 N–H and O–H groups in total. The number of hydrogen-bond donors (Lipinski definition) is 1. The first-order chi connectivity index (χ1) is 9.65. The van der Waals surface area contributed by atoms with Crippen LogP contribution in [0.15, 0.2) is 18.2 Å². The van der Waals surface area contributed by atoms with Gasteiger partial charge in [-0.05, 0) is 19.2 Å². The number of nitrogens with one attached hydrogen (secondary N) is 1. The predicted octanol–water partition coefficient (Wildman–Crippen LogP) is 0.405. The van der Waals surface area contributed by atoms with Crippen LogP contribution in [-0.4, -0.2) is 61.4 Å². The normalized spacial score (nSPS) is 19.1. The number of likely N-dealkylation sites (N-methyl/N-ethyl adjacent to an activating group) is 1. The Bertz CT molecular complexity index is 551. The lowest BCUT2D eigenvalue weighted by Crippen LogP contribution is -2.47. The van der Waals surface area contributed by atoms with Crippen molar-refractivity contribution < 1.29 is 14.3 Å². The van der Waals surface area contributed by atoms with Crippen LogP contribution in [0.3, 0.4) is 0 Å². The first-order valence-corrected chi connectivity index (χ1v) is 6.68. The van der Waals surface area contributed by atoms with E-state index < -0.39 is 0 Å². The summed E-state index contributed by atoms with van der Waals surface area (Å²) in [5.41, 5.74) is 1.09. The molecule has 0 radical (unpaired) electrons. The molecule has 6 nitrogen and oxygen atoms in total. The van der Waals surface area contributed by atoms with Gasteiger partial charge in [0.1, 0.15) is 0 Å². The summed E-state index contributed by atoms with van der Waals surface area (Å²) in [4.78, 5) is 27.9. The molecule has 0 aromatic heterocycles. The molecule has 6 heteroatoms. The molecule has 1 fully saturated rings. The highest BCUT2D eigenvalue weighted by Crippen LogP contribution is 2.32. The fraction of sp³-hybridized carbons (Fsp3) is 0.429. The number of carbonyl (C=O) groups excluding carboxylic acids is 2. The van der Waals surface area contributed by atoms with Gasteiger partial charge in [0, 0.05) is 26.2 Å². The lowest BCUT2D eigenvalue weighted by Gasteiger charge is -2.33. The molecule has 0 saturated carbocycles. The third kappa shape index (κ3) is 2.34. The molecule has 0 unspecified atom stereocenters. The highest BCUT2D eigenvalue weighted by atomic mass is 16.5. The largest absolute Gasteiger partial charge is 0.481 e. The van der Waals surface area contributed by atoms with Crippen LogP contribution in [0, 0.1) is 0 Å². The Morgan fingerprint density at radius 3 is 2.75 bits per heavy atom. The molecular formula is C14H17N3O3. The van der Waals surface area contributed by atoms with Crippen molar-refractivity contribution in [1.29, 1.82) is 0 Å². The van der Waals surface area contributed by atoms with Crippen molar-refractivity contribution >= 4 is 17.5 Å². The Balaban J connectivity index is 1.85. The van der Waals surface area contributed by atoms with Crippen molar-refractivity contribution in [2.45, 2.75) is 0 Å². The van der Waals surface area contributed by atoms with Gasteiger partial charge in [-0.1, -0.05) is 6.07 Å². The quantitative estimate of drug-likeness (QED) is 0.806. The second-order valence-corrected chi connectivity index (χ2v) is 5.11. The van der Waals surface area contributed by atoms with Crippen LogP contribution in [-0.2, 0) is 4.79 Å². The molecule has 1 aromatic rings. The third-order valence-electron chi connectivity index (χ3n) is 3.66. The SMILES string of the molecule is CN1CCN(C(=O)c2cccc3c2OCC(=O)N3)CC1. The van der Waals surface area contributed by atoms with Crippen LogP contribution in [0.2, 0.25) is 0 Å². The zero-order chi connectivity index (χ0) is 14.1. The van der Waals surface area contributed by atoms with E-state index in [4.69, 9.17) is 4.74 Å². The number of anilines is 1. The lowest BCUT2D eigenvalue weighted by molar-refractivity contribution is -0.118. The molecule has 0 bridgehead atoms. The van der Waals surface area contributed by atoms with Crippen molar-refractivity contribution in [3.05, 3.63) is 23.8 Å². The maximum atomic E-state index is 12.6. The Labute approximate surface area is 117 Å². The molecule has 3 rings (SSSR count). The van der Waals surface area contributed by atoms with Crippen LogP contribution in [0.25, 0.3) is 0 Å². The average Bonchev–Trinajstić information content (AvgIpc) is 2.46. The molecule has 1 aromatic carbocycles. The van der Waals surface area contributed by atoms with Gasteiger partial charge in [-0.2, -0.15) is 0 Å². The Kier molecular flexibility index (Phi) is 3.31. The van der Waals surface area contributed by atoms with Crippen molar-refractivity contribution in [3.8, 4) is 5.75 Å². The van der Waals surface area contributed by atoms with Gasteiger partial charge in [-0.3, -0.25) is 9.59 Å². The number of piperazine rings is 1. The minimum absolute atomic E-state index is 0.0360. The van der Waals surface area contributed by atoms with E-state index >= 15 is 0 Å². The fourth-order valence-electron chi connectivity index (χ4n) is 2.46. The summed E-state index contributed by atoms with van der Waals surface area (Å²) < 4.78 is 5.43. The van der Waals surface area contributed by atoms with Crippen molar-refractivity contribution in [1.82, 2.24) is 9.80 Å². The average molecular weight is 275 g/mol. The zero-order valence-electron chi connectivity index (χ0n) is 11.4. The standard InChI is InChI=1S/C14H17N3O3/c1-16-5-7-17(8-6-16)14(19)10-3-2-4-11-13(10)20-9-12(18)15-11/h2-4H,5-9H2,1H3,(H,15,18). The molecule has 2 amide bonds. The first-order valence-electron chi connectivity index (χ1n) is 6.68. The molecule has 0 atom stereocenters. The zero-order valence-corrected chi connectivity index (χ0v) is 11.4. The number of rotatable bonds is 1. The molecule has 106 valence electrons. The number of hydrogen-bond acceptors (Lipinski definition) is 4. The van der Waals surface area contributed by atoms with Gasteiger partial charge in [0.2, 0.25) is 0 Å². The van der Waals surface area contributed by atoms with Gasteiger partial charge >= 0.3 is 0 Å². The molecule has 2 heterocycles. The summed E-state index contributed by atoms with van der Waals surface area (Å²) in [6, 6.07) is 5.25. The van der Waals surface area contributed by atoms with Gasteiger partial charge in [-0.15, -0.1) is 0 Å². The molecular weight excluding hydrogens is 258 g/mol. The second-order valence-electron chi connectivity index (χ2n) is 5.11. The minimum atomic E-state index is -0.193. The van der Waals surface area contributed by atoms with E-state index in [1.807, 2.05) is 11.9 Å². The third-order valence-corrected chi connectivity index (χ3v) is 3.66. The summed E-state index contributed by atoms with van der Waals surface area (Å²) in [6.45, 7) is 3.13. The molecule has 0 spiro atoms. The van der Waals surface area contributed by atoms with Crippen LogP contribution >= 0.6 is 0 Å². The maximum Gasteiger partial charge on any atom is 0.262 e. The van der Waals surface area contributed by atoms with E-state index in [0.29, 0.717) is 30.1 Å². The van der Waals surface area contributed by atoms with E-state index in [1.54, 1.807) is 18.2 Å². The van der Waals surface area contributed by atoms with Crippen LogP contribution in [0.4, 0.5) is 5.69 Å². The van der Waals surface area contributed by atoms with Crippen molar-refractivity contribution in [2.24, 2.45) is 0 Å². The topological polar surface area (TPSA) is 61.9 Å². The smallest absolute Gasteiger partial charge is 0.262 e. The van der Waals surface area contributed by atoms with E-state index in [0.717, 1.165) is 13.1 Å². The minimum Gasteiger partial charge on any atom is -0.481 e. The van der Waals surface area contributed by atoms with E-state index in [-0.39, 0.29) is 18.4 Å². The number of carbonyl (C=O) groups is 2. The van der Waals surface area contributed by atoms with Crippen LogP contribution < -0.4 is 10.1 Å². The Hall–Kier alpha value is -2.08. The van der Waals surface area contributed by atoms with Gasteiger partial charge < -0.3 is 19.9 Å². The number of ether oxygens (including phenoxy) is 1. The summed E-state index contributed by atoms with van der Waals surface area (Å²) >= 11 is 0. The highest BCUT2D eigenvalue weighted by Gasteiger charge is 2.26. The van der Waals surface area contributed by atoms with Crippen LogP contribution in [0.1, 0.15) is 10.4 Å². The Morgan fingerprint density at radius 1 is 1.25 bits per heavy atom. The van der Waals surface area contributed by atoms with Crippen molar-refractivity contribution in [3.63, 3.8) is 0 Å². The molecule has 2 aliphatic heterocycles. The molecule has 0 aliphatic carbocycles. The fourth-order valence-corrected chi connectivity index (χ4v) is 2.46. The molecule has 2 aliphatic rings. The van der Waals surface area contributed by atoms with E-state index in [9.17, 15) is 9.59 Å². The summed E-state index contributed by atoms with van der Waals surface area (Å²) in [5.74, 6) is 0.254. The number of fused-ring (bicyclic) bond motifs is 1.